The highest BCUT2D eigenvalue weighted by Gasteiger charge is 2.68. The first kappa shape index (κ1) is 13.5. The van der Waals surface area contributed by atoms with E-state index in [1.54, 1.807) is 6.92 Å². The van der Waals surface area contributed by atoms with E-state index < -0.39 is 0 Å². The second kappa shape index (κ2) is 3.99. The van der Waals surface area contributed by atoms with Gasteiger partial charge in [0.05, 0.1) is 0 Å². The molecule has 0 aliphatic heterocycles. The van der Waals surface area contributed by atoms with Crippen molar-refractivity contribution in [1.29, 1.82) is 0 Å². The maximum Gasteiger partial charge on any atom is 0.302 e. The largest absolute Gasteiger partial charge is 0.462 e. The number of fused-ring (bicyclic) bond motifs is 3. The summed E-state index contributed by atoms with van der Waals surface area (Å²) in [6, 6.07) is 0. The standard InChI is InChI=1S/C17H28O2/c1-10-6-7-12-13(10)14-16(3,4)8-9-17(14,5)15(12)19-11(2)18/h10,12-15H,6-9H2,1-5H3. The molecule has 3 aliphatic carbocycles. The summed E-state index contributed by atoms with van der Waals surface area (Å²) < 4.78 is 5.84. The molecule has 0 saturated heterocycles. The molecular formula is C17H28O2. The van der Waals surface area contributed by atoms with Crippen LogP contribution in [0, 0.1) is 34.5 Å². The van der Waals surface area contributed by atoms with Crippen molar-refractivity contribution >= 4 is 5.97 Å². The molecule has 3 saturated carbocycles. The molecule has 0 aromatic heterocycles. The first-order chi connectivity index (χ1) is 8.77. The summed E-state index contributed by atoms with van der Waals surface area (Å²) in [5.41, 5.74) is 0.629. The van der Waals surface area contributed by atoms with Crippen molar-refractivity contribution in [3.05, 3.63) is 0 Å². The van der Waals surface area contributed by atoms with Crippen molar-refractivity contribution < 1.29 is 9.53 Å². The molecule has 19 heavy (non-hydrogen) atoms. The average molecular weight is 264 g/mol. The molecular weight excluding hydrogens is 236 g/mol. The topological polar surface area (TPSA) is 26.3 Å². The van der Waals surface area contributed by atoms with Gasteiger partial charge in [-0.05, 0) is 48.3 Å². The predicted octanol–water partition coefficient (Wildman–Crippen LogP) is 4.04. The molecule has 3 rings (SSSR count). The molecule has 6 unspecified atom stereocenters. The lowest BCUT2D eigenvalue weighted by atomic mass is 9.67. The fourth-order valence-corrected chi connectivity index (χ4v) is 6.16. The van der Waals surface area contributed by atoms with E-state index in [1.165, 1.54) is 25.7 Å². The van der Waals surface area contributed by atoms with Crippen LogP contribution in [0.25, 0.3) is 0 Å². The zero-order valence-electron chi connectivity index (χ0n) is 13.0. The van der Waals surface area contributed by atoms with E-state index in [1.807, 2.05) is 0 Å². The normalized spacial score (nSPS) is 50.9. The summed E-state index contributed by atoms with van der Waals surface area (Å²) in [5.74, 6) is 2.83. The van der Waals surface area contributed by atoms with Crippen molar-refractivity contribution in [2.45, 2.75) is 66.4 Å². The van der Waals surface area contributed by atoms with Crippen LogP contribution in [-0.2, 0) is 9.53 Å². The Hall–Kier alpha value is -0.530. The number of rotatable bonds is 1. The molecule has 0 bridgehead atoms. The van der Waals surface area contributed by atoms with Gasteiger partial charge < -0.3 is 4.74 Å². The Labute approximate surface area is 117 Å². The average Bonchev–Trinajstić information content (AvgIpc) is 2.83. The number of hydrogen-bond donors (Lipinski definition) is 0. The predicted molar refractivity (Wildman–Crippen MR) is 75.5 cm³/mol. The minimum Gasteiger partial charge on any atom is -0.462 e. The third kappa shape index (κ3) is 1.71. The van der Waals surface area contributed by atoms with E-state index in [0.29, 0.717) is 11.3 Å². The quantitative estimate of drug-likeness (QED) is 0.668. The van der Waals surface area contributed by atoms with Crippen molar-refractivity contribution in [3.8, 4) is 0 Å². The van der Waals surface area contributed by atoms with Gasteiger partial charge in [0.2, 0.25) is 0 Å². The van der Waals surface area contributed by atoms with E-state index in [9.17, 15) is 4.79 Å². The second-order valence-corrected chi connectivity index (χ2v) is 8.30. The molecule has 0 N–H and O–H groups in total. The lowest BCUT2D eigenvalue weighted by molar-refractivity contribution is -0.155. The highest BCUT2D eigenvalue weighted by atomic mass is 16.5. The van der Waals surface area contributed by atoms with Gasteiger partial charge in [-0.3, -0.25) is 4.79 Å². The third-order valence-corrected chi connectivity index (χ3v) is 6.68. The lowest BCUT2D eigenvalue weighted by Crippen LogP contribution is -2.37. The molecule has 0 amide bonds. The molecule has 3 fully saturated rings. The summed E-state index contributed by atoms with van der Waals surface area (Å²) in [4.78, 5) is 11.5. The molecule has 2 nitrogen and oxygen atoms in total. The van der Waals surface area contributed by atoms with E-state index in [4.69, 9.17) is 4.74 Å². The van der Waals surface area contributed by atoms with Gasteiger partial charge in [0.25, 0.3) is 0 Å². The first-order valence-corrected chi connectivity index (χ1v) is 7.94. The Morgan fingerprint density at radius 3 is 2.47 bits per heavy atom. The maximum atomic E-state index is 11.5. The molecule has 0 heterocycles. The molecule has 0 aromatic carbocycles. The molecule has 0 radical (unpaired) electrons. The van der Waals surface area contributed by atoms with Crippen LogP contribution in [0.2, 0.25) is 0 Å². The Morgan fingerprint density at radius 2 is 1.84 bits per heavy atom. The smallest absolute Gasteiger partial charge is 0.302 e. The SMILES string of the molecule is CC(=O)OC1C2CCC(C)C2C2C(C)(C)CCC12C. The monoisotopic (exact) mass is 264 g/mol. The van der Waals surface area contributed by atoms with E-state index >= 15 is 0 Å². The zero-order valence-corrected chi connectivity index (χ0v) is 13.0. The fraction of sp³-hybridized carbons (Fsp3) is 0.941. The number of ether oxygens (including phenoxy) is 1. The molecule has 3 aliphatic rings. The molecule has 2 heteroatoms. The van der Waals surface area contributed by atoms with Crippen LogP contribution in [0.15, 0.2) is 0 Å². The van der Waals surface area contributed by atoms with Crippen molar-refractivity contribution in [3.63, 3.8) is 0 Å². The van der Waals surface area contributed by atoms with Crippen LogP contribution in [-0.4, -0.2) is 12.1 Å². The van der Waals surface area contributed by atoms with Gasteiger partial charge in [0.1, 0.15) is 6.10 Å². The van der Waals surface area contributed by atoms with Gasteiger partial charge in [0.15, 0.2) is 0 Å². The van der Waals surface area contributed by atoms with Crippen LogP contribution < -0.4 is 0 Å². The summed E-state index contributed by atoms with van der Waals surface area (Å²) in [6.45, 7) is 11.2. The molecule has 0 aromatic rings. The van der Waals surface area contributed by atoms with E-state index in [-0.39, 0.29) is 17.5 Å². The van der Waals surface area contributed by atoms with Gasteiger partial charge in [-0.2, -0.15) is 0 Å². The summed E-state index contributed by atoms with van der Waals surface area (Å²) in [5, 5.41) is 0. The Bertz CT molecular complexity index is 400. The van der Waals surface area contributed by atoms with Crippen molar-refractivity contribution in [1.82, 2.24) is 0 Å². The number of esters is 1. The third-order valence-electron chi connectivity index (χ3n) is 6.68. The Kier molecular flexibility index (Phi) is 2.82. The van der Waals surface area contributed by atoms with Crippen molar-refractivity contribution in [2.75, 3.05) is 0 Å². The van der Waals surface area contributed by atoms with Crippen LogP contribution in [0.4, 0.5) is 0 Å². The summed E-state index contributed by atoms with van der Waals surface area (Å²) in [6.07, 6.45) is 5.25. The highest BCUT2D eigenvalue weighted by Crippen LogP contribution is 2.70. The highest BCUT2D eigenvalue weighted by molar-refractivity contribution is 5.66. The molecule has 0 spiro atoms. The van der Waals surface area contributed by atoms with Crippen LogP contribution in [0.1, 0.15) is 60.3 Å². The van der Waals surface area contributed by atoms with E-state index in [2.05, 4.69) is 27.7 Å². The van der Waals surface area contributed by atoms with Gasteiger partial charge in [-0.15, -0.1) is 0 Å². The van der Waals surface area contributed by atoms with Crippen LogP contribution in [0.5, 0.6) is 0 Å². The minimum absolute atomic E-state index is 0.0881. The number of carbonyl (C=O) groups is 1. The van der Waals surface area contributed by atoms with Crippen LogP contribution >= 0.6 is 0 Å². The summed E-state index contributed by atoms with van der Waals surface area (Å²) >= 11 is 0. The van der Waals surface area contributed by atoms with Crippen LogP contribution in [0.3, 0.4) is 0 Å². The lowest BCUT2D eigenvalue weighted by Gasteiger charge is -2.38. The Morgan fingerprint density at radius 1 is 1.16 bits per heavy atom. The van der Waals surface area contributed by atoms with Gasteiger partial charge in [-0.25, -0.2) is 0 Å². The van der Waals surface area contributed by atoms with Crippen molar-refractivity contribution in [2.24, 2.45) is 34.5 Å². The zero-order chi connectivity index (χ0) is 14.0. The second-order valence-electron chi connectivity index (χ2n) is 8.30. The van der Waals surface area contributed by atoms with Gasteiger partial charge >= 0.3 is 5.97 Å². The number of hydrogen-bond acceptors (Lipinski definition) is 2. The summed E-state index contributed by atoms with van der Waals surface area (Å²) in [7, 11) is 0. The molecule has 6 atom stereocenters. The van der Waals surface area contributed by atoms with Gasteiger partial charge in [-0.1, -0.05) is 34.1 Å². The molecule has 108 valence electrons. The van der Waals surface area contributed by atoms with Gasteiger partial charge in [0, 0.05) is 12.3 Å². The Balaban J connectivity index is 2.01. The number of carbonyl (C=O) groups excluding carboxylic acids is 1. The maximum absolute atomic E-state index is 11.5. The fourth-order valence-electron chi connectivity index (χ4n) is 6.16. The minimum atomic E-state index is -0.0881. The van der Waals surface area contributed by atoms with E-state index in [0.717, 1.165) is 17.8 Å². The first-order valence-electron chi connectivity index (χ1n) is 7.94.